The van der Waals surface area contributed by atoms with E-state index < -0.39 is 0 Å². The maximum atomic E-state index is 10.7. The first-order valence-corrected chi connectivity index (χ1v) is 13.2. The Morgan fingerprint density at radius 2 is 1.07 bits per heavy atom. The highest BCUT2D eigenvalue weighted by Gasteiger charge is 2.20. The van der Waals surface area contributed by atoms with Crippen molar-refractivity contribution >= 4 is 43.9 Å². The van der Waals surface area contributed by atoms with Gasteiger partial charge in [0.25, 0.3) is 0 Å². The second kappa shape index (κ2) is 8.73. The summed E-state index contributed by atoms with van der Waals surface area (Å²) < 4.78 is 12.3. The third-order valence-electron chi connectivity index (χ3n) is 7.74. The van der Waals surface area contributed by atoms with Gasteiger partial charge in [-0.05, 0) is 64.7 Å². The molecule has 0 atom stereocenters. The lowest BCUT2D eigenvalue weighted by Crippen LogP contribution is -1.93. The number of hydrogen-bond acceptors (Lipinski definition) is 3. The van der Waals surface area contributed by atoms with Gasteiger partial charge in [0.05, 0.1) is 5.56 Å². The van der Waals surface area contributed by atoms with Crippen LogP contribution in [0.3, 0.4) is 0 Å². The van der Waals surface area contributed by atoms with Crippen LogP contribution >= 0.6 is 0 Å². The van der Waals surface area contributed by atoms with E-state index in [1.54, 1.807) is 0 Å². The number of furan rings is 2. The van der Waals surface area contributed by atoms with Gasteiger partial charge in [-0.1, -0.05) is 84.9 Å². The molecule has 0 aliphatic carbocycles. The first kappa shape index (κ1) is 22.4. The summed E-state index contributed by atoms with van der Waals surface area (Å²) in [5.74, 6) is 0. The third-order valence-corrected chi connectivity index (χ3v) is 7.74. The zero-order chi connectivity index (χ0) is 26.6. The van der Waals surface area contributed by atoms with Gasteiger partial charge in [0.15, 0.2) is 0 Å². The summed E-state index contributed by atoms with van der Waals surface area (Å²) >= 11 is 0. The molecule has 2 heterocycles. The Morgan fingerprint density at radius 1 is 0.425 bits per heavy atom. The van der Waals surface area contributed by atoms with E-state index in [0.29, 0.717) is 5.56 Å². The zero-order valence-corrected chi connectivity index (χ0v) is 21.4. The van der Waals surface area contributed by atoms with Crippen LogP contribution in [0.2, 0.25) is 0 Å². The Hall–Kier alpha value is -5.59. The topological polar surface area (TPSA) is 50.1 Å². The van der Waals surface area contributed by atoms with Crippen molar-refractivity contribution in [1.29, 1.82) is 5.26 Å². The first-order valence-electron chi connectivity index (χ1n) is 13.2. The number of benzene rings is 6. The average molecular weight is 512 g/mol. The molecule has 186 valence electrons. The quantitative estimate of drug-likeness (QED) is 0.237. The molecule has 0 saturated carbocycles. The van der Waals surface area contributed by atoms with E-state index in [0.717, 1.165) is 77.3 Å². The molecule has 8 rings (SSSR count). The average Bonchev–Trinajstić information content (AvgIpc) is 3.59. The van der Waals surface area contributed by atoms with Gasteiger partial charge in [-0.3, -0.25) is 0 Å². The van der Waals surface area contributed by atoms with Crippen molar-refractivity contribution in [1.82, 2.24) is 0 Å². The van der Waals surface area contributed by atoms with Crippen LogP contribution < -0.4 is 0 Å². The largest absolute Gasteiger partial charge is 0.456 e. The van der Waals surface area contributed by atoms with Gasteiger partial charge in [0.2, 0.25) is 0 Å². The maximum Gasteiger partial charge on any atom is 0.136 e. The number of fused-ring (bicyclic) bond motifs is 6. The fraction of sp³-hybridized carbons (Fsp3) is 0. The number of para-hydroxylation sites is 2. The molecule has 0 amide bonds. The molecule has 8 aromatic rings. The van der Waals surface area contributed by atoms with E-state index >= 15 is 0 Å². The van der Waals surface area contributed by atoms with Crippen LogP contribution in [-0.4, -0.2) is 0 Å². The van der Waals surface area contributed by atoms with Gasteiger partial charge in [0.1, 0.15) is 28.4 Å². The minimum atomic E-state index is 0.629. The molecular weight excluding hydrogens is 490 g/mol. The van der Waals surface area contributed by atoms with Gasteiger partial charge >= 0.3 is 0 Å². The molecule has 40 heavy (non-hydrogen) atoms. The van der Waals surface area contributed by atoms with Crippen LogP contribution in [0.4, 0.5) is 0 Å². The van der Waals surface area contributed by atoms with Crippen LogP contribution in [0.25, 0.3) is 77.3 Å². The number of hydrogen-bond donors (Lipinski definition) is 0. The van der Waals surface area contributed by atoms with Crippen LogP contribution in [-0.2, 0) is 0 Å². The molecule has 0 fully saturated rings. The molecular formula is C37H21NO2. The molecule has 6 aromatic carbocycles. The van der Waals surface area contributed by atoms with E-state index in [2.05, 4.69) is 54.6 Å². The normalized spacial score (nSPS) is 11.5. The summed E-state index contributed by atoms with van der Waals surface area (Å²) in [4.78, 5) is 0. The Bertz CT molecular complexity index is 2280. The monoisotopic (exact) mass is 511 g/mol. The van der Waals surface area contributed by atoms with Gasteiger partial charge in [-0.15, -0.1) is 0 Å². The molecule has 2 aromatic heterocycles. The molecule has 0 aliphatic heterocycles. The predicted octanol–water partition coefficient (Wildman–Crippen LogP) is 10.4. The summed E-state index contributed by atoms with van der Waals surface area (Å²) in [6.07, 6.45) is 0. The number of nitriles is 1. The summed E-state index contributed by atoms with van der Waals surface area (Å²) in [6, 6.07) is 45.6. The highest BCUT2D eigenvalue weighted by molar-refractivity contribution is 6.13. The molecule has 0 radical (unpaired) electrons. The maximum absolute atomic E-state index is 10.7. The summed E-state index contributed by atoms with van der Waals surface area (Å²) in [6.45, 7) is 0. The molecule has 0 aliphatic rings. The van der Waals surface area contributed by atoms with Gasteiger partial charge in [0, 0.05) is 32.7 Å². The SMILES string of the molecule is N#Cc1c(-c2ccc3oc4ccccc4c3c2)cc(-c2ccccc2)cc1-c1cccc2oc3ccccc3c12. The van der Waals surface area contributed by atoms with E-state index in [-0.39, 0.29) is 0 Å². The molecule has 0 N–H and O–H groups in total. The fourth-order valence-electron chi connectivity index (χ4n) is 5.89. The minimum absolute atomic E-state index is 0.629. The fourth-order valence-corrected chi connectivity index (χ4v) is 5.89. The van der Waals surface area contributed by atoms with E-state index in [4.69, 9.17) is 8.83 Å². The minimum Gasteiger partial charge on any atom is -0.456 e. The second-order valence-electron chi connectivity index (χ2n) is 10.0. The zero-order valence-electron chi connectivity index (χ0n) is 21.4. The Kier molecular flexibility index (Phi) is 4.89. The van der Waals surface area contributed by atoms with E-state index in [9.17, 15) is 5.26 Å². The van der Waals surface area contributed by atoms with Gasteiger partial charge in [-0.2, -0.15) is 5.26 Å². The molecule has 3 nitrogen and oxygen atoms in total. The second-order valence-corrected chi connectivity index (χ2v) is 10.0. The predicted molar refractivity (Wildman–Crippen MR) is 162 cm³/mol. The highest BCUT2D eigenvalue weighted by Crippen LogP contribution is 2.43. The Labute approximate surface area is 230 Å². The van der Waals surface area contributed by atoms with Crippen molar-refractivity contribution in [3.8, 4) is 39.4 Å². The van der Waals surface area contributed by atoms with Crippen LogP contribution in [0, 0.1) is 11.3 Å². The lowest BCUT2D eigenvalue weighted by molar-refractivity contribution is 0.668. The van der Waals surface area contributed by atoms with Crippen LogP contribution in [0.15, 0.2) is 136 Å². The smallest absolute Gasteiger partial charge is 0.136 e. The Balaban J connectivity index is 1.46. The summed E-state index contributed by atoms with van der Waals surface area (Å²) in [5, 5.41) is 14.8. The van der Waals surface area contributed by atoms with Crippen molar-refractivity contribution in [3.05, 3.63) is 133 Å². The lowest BCUT2D eigenvalue weighted by atomic mass is 9.87. The highest BCUT2D eigenvalue weighted by atomic mass is 16.3. The standard InChI is InChI=1S/C37H21NO2/c38-22-32-29(24-17-18-35-31(19-24)26-11-4-6-14-33(26)39-35)20-25(23-9-2-1-3-10-23)21-30(32)27-13-8-16-36-37(27)28-12-5-7-15-34(28)40-36/h1-21H. The Morgan fingerprint density at radius 3 is 1.90 bits per heavy atom. The third kappa shape index (κ3) is 3.37. The molecule has 0 saturated heterocycles. The number of rotatable bonds is 3. The van der Waals surface area contributed by atoms with Gasteiger partial charge in [-0.25, -0.2) is 0 Å². The molecule has 0 spiro atoms. The van der Waals surface area contributed by atoms with E-state index in [1.807, 2.05) is 78.9 Å². The van der Waals surface area contributed by atoms with Crippen molar-refractivity contribution in [2.24, 2.45) is 0 Å². The van der Waals surface area contributed by atoms with Crippen molar-refractivity contribution in [2.75, 3.05) is 0 Å². The summed E-state index contributed by atoms with van der Waals surface area (Å²) in [5.41, 5.74) is 9.81. The number of nitrogens with zero attached hydrogens (tertiary/aromatic N) is 1. The molecule has 0 bridgehead atoms. The van der Waals surface area contributed by atoms with Gasteiger partial charge < -0.3 is 8.83 Å². The summed E-state index contributed by atoms with van der Waals surface area (Å²) in [7, 11) is 0. The van der Waals surface area contributed by atoms with Crippen molar-refractivity contribution in [3.63, 3.8) is 0 Å². The molecule has 3 heteroatoms. The van der Waals surface area contributed by atoms with Crippen LogP contribution in [0.5, 0.6) is 0 Å². The van der Waals surface area contributed by atoms with Crippen molar-refractivity contribution in [2.45, 2.75) is 0 Å². The van der Waals surface area contributed by atoms with Crippen LogP contribution in [0.1, 0.15) is 5.56 Å². The van der Waals surface area contributed by atoms with E-state index in [1.165, 1.54) is 0 Å². The van der Waals surface area contributed by atoms with Crippen molar-refractivity contribution < 1.29 is 8.83 Å². The molecule has 0 unspecified atom stereocenters. The lowest BCUT2D eigenvalue weighted by Gasteiger charge is -2.15. The first-order chi connectivity index (χ1) is 19.8.